The van der Waals surface area contributed by atoms with Crippen molar-refractivity contribution in [3.05, 3.63) is 23.8 Å². The second-order valence-corrected chi connectivity index (χ2v) is 3.48. The van der Waals surface area contributed by atoms with Crippen LogP contribution in [-0.2, 0) is 20.6 Å². The Morgan fingerprint density at radius 3 is 2.73 bits per heavy atom. The van der Waals surface area contributed by atoms with Crippen LogP contribution in [0.3, 0.4) is 0 Å². The lowest BCUT2D eigenvalue weighted by Gasteiger charge is -2.01. The highest BCUT2D eigenvalue weighted by atomic mass is 15.4. The van der Waals surface area contributed by atoms with Gasteiger partial charge < -0.3 is 5.32 Å². The Bertz CT molecular complexity index is 455. The molecule has 2 heterocycles. The van der Waals surface area contributed by atoms with E-state index in [0.29, 0.717) is 6.54 Å². The second kappa shape index (κ2) is 3.72. The highest BCUT2D eigenvalue weighted by Crippen LogP contribution is 2.04. The lowest BCUT2D eigenvalue weighted by molar-refractivity contribution is 0.757. The summed E-state index contributed by atoms with van der Waals surface area (Å²) in [6, 6.07) is 0. The van der Waals surface area contributed by atoms with Gasteiger partial charge in [0.25, 0.3) is 0 Å². The third kappa shape index (κ3) is 2.15. The largest absolute Gasteiger partial charge is 0.350 e. The first-order valence-corrected chi connectivity index (χ1v) is 4.74. The Kier molecular flexibility index (Phi) is 2.40. The maximum atomic E-state index is 4.25. The van der Waals surface area contributed by atoms with Gasteiger partial charge in [-0.25, -0.2) is 4.68 Å². The maximum absolute atomic E-state index is 4.25. The van der Waals surface area contributed by atoms with Crippen LogP contribution in [0.2, 0.25) is 0 Å². The second-order valence-electron chi connectivity index (χ2n) is 3.48. The Labute approximate surface area is 87.9 Å². The molecule has 0 saturated carbocycles. The first-order valence-electron chi connectivity index (χ1n) is 4.74. The normalized spacial score (nSPS) is 10.6. The van der Waals surface area contributed by atoms with E-state index in [1.54, 1.807) is 9.36 Å². The van der Waals surface area contributed by atoms with Gasteiger partial charge in [0.1, 0.15) is 5.82 Å². The molecule has 0 spiro atoms. The van der Waals surface area contributed by atoms with E-state index in [1.807, 2.05) is 33.4 Å². The van der Waals surface area contributed by atoms with E-state index in [1.165, 1.54) is 0 Å². The first-order chi connectivity index (χ1) is 7.15. The van der Waals surface area contributed by atoms with E-state index in [4.69, 9.17) is 0 Å². The molecule has 2 aromatic rings. The topological polar surface area (TPSA) is 60.6 Å². The number of anilines is 1. The number of aromatic nitrogens is 5. The Balaban J connectivity index is 2.01. The number of aryl methyl sites for hydroxylation is 3. The summed E-state index contributed by atoms with van der Waals surface area (Å²) in [4.78, 5) is 4.25. The molecule has 0 amide bonds. The molecule has 0 unspecified atom stereocenters. The van der Waals surface area contributed by atoms with E-state index < -0.39 is 0 Å². The molecule has 0 aliphatic heterocycles. The Hall–Kier alpha value is -1.85. The van der Waals surface area contributed by atoms with Crippen LogP contribution in [0.25, 0.3) is 0 Å². The Morgan fingerprint density at radius 2 is 2.20 bits per heavy atom. The molecule has 0 saturated heterocycles. The molecule has 0 bridgehead atoms. The fourth-order valence-corrected chi connectivity index (χ4v) is 1.41. The molecule has 0 aromatic carbocycles. The SMILES string of the molecule is Cc1nc(NCc2cnn(C)c2)n(C)n1. The van der Waals surface area contributed by atoms with Gasteiger partial charge in [-0.2, -0.15) is 15.2 Å². The third-order valence-corrected chi connectivity index (χ3v) is 2.08. The van der Waals surface area contributed by atoms with Crippen molar-refractivity contribution in [2.75, 3.05) is 5.32 Å². The van der Waals surface area contributed by atoms with Crippen LogP contribution in [0, 0.1) is 6.92 Å². The van der Waals surface area contributed by atoms with Gasteiger partial charge in [0.15, 0.2) is 0 Å². The molecule has 6 nitrogen and oxygen atoms in total. The molecular formula is C9H14N6. The van der Waals surface area contributed by atoms with Gasteiger partial charge in [0.2, 0.25) is 5.95 Å². The molecule has 15 heavy (non-hydrogen) atoms. The lowest BCUT2D eigenvalue weighted by Crippen LogP contribution is -2.05. The first kappa shape index (κ1) is 9.70. The van der Waals surface area contributed by atoms with Crippen LogP contribution in [0.4, 0.5) is 5.95 Å². The molecular weight excluding hydrogens is 192 g/mol. The number of hydrogen-bond acceptors (Lipinski definition) is 4. The van der Waals surface area contributed by atoms with E-state index >= 15 is 0 Å². The number of nitrogens with one attached hydrogen (secondary N) is 1. The van der Waals surface area contributed by atoms with Crippen LogP contribution >= 0.6 is 0 Å². The average molecular weight is 206 g/mol. The summed E-state index contributed by atoms with van der Waals surface area (Å²) in [6.45, 7) is 2.58. The Morgan fingerprint density at radius 1 is 1.40 bits per heavy atom. The summed E-state index contributed by atoms with van der Waals surface area (Å²) in [5.74, 6) is 1.54. The summed E-state index contributed by atoms with van der Waals surface area (Å²) in [7, 11) is 3.77. The van der Waals surface area contributed by atoms with Crippen molar-refractivity contribution in [2.45, 2.75) is 13.5 Å². The van der Waals surface area contributed by atoms with Gasteiger partial charge >= 0.3 is 0 Å². The van der Waals surface area contributed by atoms with Crippen LogP contribution in [-0.4, -0.2) is 24.5 Å². The standard InChI is InChI=1S/C9H14N6/c1-7-12-9(15(3)13-7)10-4-8-5-11-14(2)6-8/h5-6H,4H2,1-3H3,(H,10,12,13). The van der Waals surface area contributed by atoms with E-state index in [-0.39, 0.29) is 0 Å². The predicted molar refractivity (Wildman–Crippen MR) is 56.3 cm³/mol. The monoisotopic (exact) mass is 206 g/mol. The molecule has 80 valence electrons. The summed E-state index contributed by atoms with van der Waals surface area (Å²) < 4.78 is 3.50. The quantitative estimate of drug-likeness (QED) is 0.793. The molecule has 0 atom stereocenters. The molecule has 0 fully saturated rings. The van der Waals surface area contributed by atoms with Crippen molar-refractivity contribution in [2.24, 2.45) is 14.1 Å². The number of rotatable bonds is 3. The van der Waals surface area contributed by atoms with Crippen molar-refractivity contribution < 1.29 is 0 Å². The zero-order chi connectivity index (χ0) is 10.8. The number of hydrogen-bond donors (Lipinski definition) is 1. The molecule has 2 rings (SSSR count). The smallest absolute Gasteiger partial charge is 0.221 e. The predicted octanol–water partition coefficient (Wildman–Crippen LogP) is 0.469. The minimum atomic E-state index is 0.708. The van der Waals surface area contributed by atoms with Gasteiger partial charge in [-0.3, -0.25) is 4.68 Å². The van der Waals surface area contributed by atoms with Gasteiger partial charge in [0.05, 0.1) is 6.20 Å². The molecule has 0 aliphatic rings. The lowest BCUT2D eigenvalue weighted by atomic mass is 10.4. The minimum absolute atomic E-state index is 0.708. The number of nitrogens with zero attached hydrogens (tertiary/aromatic N) is 5. The molecule has 0 radical (unpaired) electrons. The van der Waals surface area contributed by atoms with E-state index in [2.05, 4.69) is 20.5 Å². The van der Waals surface area contributed by atoms with Gasteiger partial charge in [-0.1, -0.05) is 0 Å². The zero-order valence-electron chi connectivity index (χ0n) is 9.10. The van der Waals surface area contributed by atoms with Crippen molar-refractivity contribution in [3.63, 3.8) is 0 Å². The van der Waals surface area contributed by atoms with E-state index in [9.17, 15) is 0 Å². The minimum Gasteiger partial charge on any atom is -0.350 e. The van der Waals surface area contributed by atoms with Gasteiger partial charge in [-0.05, 0) is 6.92 Å². The third-order valence-electron chi connectivity index (χ3n) is 2.08. The van der Waals surface area contributed by atoms with Crippen LogP contribution in [0.15, 0.2) is 12.4 Å². The molecule has 1 N–H and O–H groups in total. The van der Waals surface area contributed by atoms with Crippen molar-refractivity contribution in [3.8, 4) is 0 Å². The fourth-order valence-electron chi connectivity index (χ4n) is 1.41. The molecule has 2 aromatic heterocycles. The highest BCUT2D eigenvalue weighted by Gasteiger charge is 2.03. The van der Waals surface area contributed by atoms with Crippen molar-refractivity contribution in [1.82, 2.24) is 24.5 Å². The van der Waals surface area contributed by atoms with Crippen molar-refractivity contribution >= 4 is 5.95 Å². The zero-order valence-corrected chi connectivity index (χ0v) is 9.10. The summed E-state index contributed by atoms with van der Waals surface area (Å²) >= 11 is 0. The van der Waals surface area contributed by atoms with E-state index in [0.717, 1.165) is 17.3 Å². The maximum Gasteiger partial charge on any atom is 0.221 e. The molecule has 6 heteroatoms. The van der Waals surface area contributed by atoms with Crippen LogP contribution in [0.1, 0.15) is 11.4 Å². The van der Waals surface area contributed by atoms with Crippen LogP contribution < -0.4 is 5.32 Å². The highest BCUT2D eigenvalue weighted by molar-refractivity contribution is 5.26. The average Bonchev–Trinajstić information content (AvgIpc) is 2.70. The summed E-state index contributed by atoms with van der Waals surface area (Å²) in [5.41, 5.74) is 1.12. The fraction of sp³-hybridized carbons (Fsp3) is 0.444. The van der Waals surface area contributed by atoms with Gasteiger partial charge in [0, 0.05) is 32.4 Å². The van der Waals surface area contributed by atoms with Crippen molar-refractivity contribution in [1.29, 1.82) is 0 Å². The van der Waals surface area contributed by atoms with Gasteiger partial charge in [-0.15, -0.1) is 0 Å². The summed E-state index contributed by atoms with van der Waals surface area (Å²) in [5, 5.41) is 11.4. The molecule has 0 aliphatic carbocycles. The van der Waals surface area contributed by atoms with Crippen LogP contribution in [0.5, 0.6) is 0 Å². The summed E-state index contributed by atoms with van der Waals surface area (Å²) in [6.07, 6.45) is 3.80.